The van der Waals surface area contributed by atoms with Crippen molar-refractivity contribution in [3.8, 4) is 0 Å². The van der Waals surface area contributed by atoms with Crippen LogP contribution in [0.4, 0.5) is 5.82 Å². The van der Waals surface area contributed by atoms with E-state index in [1.54, 1.807) is 23.2 Å². The van der Waals surface area contributed by atoms with Gasteiger partial charge in [-0.15, -0.1) is 0 Å². The Balaban J connectivity index is 2.10. The molecule has 1 fully saturated rings. The van der Waals surface area contributed by atoms with E-state index in [0.29, 0.717) is 24.5 Å². The number of hydrogen-bond donors (Lipinski definition) is 1. The first-order valence-corrected chi connectivity index (χ1v) is 9.05. The second kappa shape index (κ2) is 6.62. The molecule has 1 amide bonds. The van der Waals surface area contributed by atoms with Gasteiger partial charge in [0.2, 0.25) is 10.0 Å². The monoisotopic (exact) mass is 326 g/mol. The number of amides is 1. The summed E-state index contributed by atoms with van der Waals surface area (Å²) in [6, 6.07) is 3.21. The van der Waals surface area contributed by atoms with Gasteiger partial charge >= 0.3 is 0 Å². The predicted octanol–water partition coefficient (Wildman–Crippen LogP) is 0.301. The standard InChI is InChI=1S/C14H22N4O3S/c1-17(2)13-9-11(6-7-15-13)14(19)18-8-4-5-12(10-18)16-22(3,20)21/h6-7,9,12,16H,4-5,8,10H2,1-3H3/t12-/m1/s1. The van der Waals surface area contributed by atoms with E-state index in [4.69, 9.17) is 0 Å². The Morgan fingerprint density at radius 2 is 2.18 bits per heavy atom. The molecule has 0 spiro atoms. The van der Waals surface area contributed by atoms with Crippen LogP contribution < -0.4 is 9.62 Å². The van der Waals surface area contributed by atoms with Crippen molar-refractivity contribution in [1.82, 2.24) is 14.6 Å². The molecule has 0 radical (unpaired) electrons. The highest BCUT2D eigenvalue weighted by molar-refractivity contribution is 7.88. The fourth-order valence-corrected chi connectivity index (χ4v) is 3.34. The molecule has 1 aromatic rings. The molecule has 7 nitrogen and oxygen atoms in total. The van der Waals surface area contributed by atoms with Gasteiger partial charge in [-0.25, -0.2) is 18.1 Å². The molecule has 8 heteroatoms. The van der Waals surface area contributed by atoms with E-state index in [9.17, 15) is 13.2 Å². The topological polar surface area (TPSA) is 82.6 Å². The minimum Gasteiger partial charge on any atom is -0.363 e. The average molecular weight is 326 g/mol. The molecule has 122 valence electrons. The van der Waals surface area contributed by atoms with Crippen LogP contribution in [0.2, 0.25) is 0 Å². The molecule has 0 aromatic carbocycles. The number of aromatic nitrogens is 1. The van der Waals surface area contributed by atoms with Crippen molar-refractivity contribution < 1.29 is 13.2 Å². The minimum atomic E-state index is -3.26. The zero-order chi connectivity index (χ0) is 16.3. The molecule has 1 saturated heterocycles. The van der Waals surface area contributed by atoms with Crippen LogP contribution in [0.15, 0.2) is 18.3 Å². The largest absolute Gasteiger partial charge is 0.363 e. The Labute approximate surface area is 131 Å². The third-order valence-corrected chi connectivity index (χ3v) is 4.30. The van der Waals surface area contributed by atoms with Gasteiger partial charge < -0.3 is 9.80 Å². The lowest BCUT2D eigenvalue weighted by Crippen LogP contribution is -2.49. The van der Waals surface area contributed by atoms with Crippen molar-refractivity contribution in [2.24, 2.45) is 0 Å². The summed E-state index contributed by atoms with van der Waals surface area (Å²) in [7, 11) is 0.469. The first-order valence-electron chi connectivity index (χ1n) is 7.16. The van der Waals surface area contributed by atoms with E-state index in [-0.39, 0.29) is 11.9 Å². The van der Waals surface area contributed by atoms with Gasteiger partial charge in [0.25, 0.3) is 5.91 Å². The summed E-state index contributed by atoms with van der Waals surface area (Å²) >= 11 is 0. The maximum absolute atomic E-state index is 12.6. The van der Waals surface area contributed by atoms with Crippen molar-refractivity contribution in [2.45, 2.75) is 18.9 Å². The molecule has 0 saturated carbocycles. The number of hydrogen-bond acceptors (Lipinski definition) is 5. The number of nitrogens with one attached hydrogen (secondary N) is 1. The number of sulfonamides is 1. The second-order valence-corrected chi connectivity index (χ2v) is 7.56. The molecule has 0 unspecified atom stereocenters. The highest BCUT2D eigenvalue weighted by Crippen LogP contribution is 2.16. The van der Waals surface area contributed by atoms with E-state index < -0.39 is 10.0 Å². The van der Waals surface area contributed by atoms with Gasteiger partial charge in [-0.1, -0.05) is 0 Å². The number of carbonyl (C=O) groups excluding carboxylic acids is 1. The number of pyridine rings is 1. The molecule has 1 aromatic heterocycles. The van der Waals surface area contributed by atoms with Gasteiger partial charge in [-0.05, 0) is 25.0 Å². The first-order chi connectivity index (χ1) is 10.3. The van der Waals surface area contributed by atoms with E-state index in [2.05, 4.69) is 9.71 Å². The van der Waals surface area contributed by atoms with Crippen molar-refractivity contribution in [2.75, 3.05) is 38.3 Å². The van der Waals surface area contributed by atoms with Crippen LogP contribution in [0.3, 0.4) is 0 Å². The van der Waals surface area contributed by atoms with Crippen molar-refractivity contribution >= 4 is 21.7 Å². The first kappa shape index (κ1) is 16.7. The molecule has 0 bridgehead atoms. The van der Waals surface area contributed by atoms with E-state index in [0.717, 1.165) is 19.1 Å². The molecule has 2 rings (SSSR count). The smallest absolute Gasteiger partial charge is 0.254 e. The van der Waals surface area contributed by atoms with E-state index in [1.165, 1.54) is 0 Å². The van der Waals surface area contributed by atoms with Crippen LogP contribution in [0.25, 0.3) is 0 Å². The summed E-state index contributed by atoms with van der Waals surface area (Å²) in [6.07, 6.45) is 4.28. The number of likely N-dealkylation sites (tertiary alicyclic amines) is 1. The lowest BCUT2D eigenvalue weighted by Gasteiger charge is -2.32. The average Bonchev–Trinajstić information content (AvgIpc) is 2.45. The number of anilines is 1. The van der Waals surface area contributed by atoms with E-state index in [1.807, 2.05) is 19.0 Å². The van der Waals surface area contributed by atoms with Gasteiger partial charge in [0.15, 0.2) is 0 Å². The quantitative estimate of drug-likeness (QED) is 0.860. The summed E-state index contributed by atoms with van der Waals surface area (Å²) in [5.74, 6) is 0.624. The summed E-state index contributed by atoms with van der Waals surface area (Å²) in [5, 5.41) is 0. The molecule has 22 heavy (non-hydrogen) atoms. The number of rotatable bonds is 4. The van der Waals surface area contributed by atoms with Crippen LogP contribution in [0.1, 0.15) is 23.2 Å². The maximum atomic E-state index is 12.6. The fourth-order valence-electron chi connectivity index (χ4n) is 2.54. The molecular formula is C14H22N4O3S. The minimum absolute atomic E-state index is 0.0921. The molecule has 1 N–H and O–H groups in total. The van der Waals surface area contributed by atoms with Crippen LogP contribution >= 0.6 is 0 Å². The van der Waals surface area contributed by atoms with Crippen LogP contribution in [-0.2, 0) is 10.0 Å². The molecular weight excluding hydrogens is 304 g/mol. The predicted molar refractivity (Wildman–Crippen MR) is 85.5 cm³/mol. The Bertz CT molecular complexity index is 645. The maximum Gasteiger partial charge on any atom is 0.254 e. The normalized spacial score (nSPS) is 19.0. The number of piperidine rings is 1. The zero-order valence-electron chi connectivity index (χ0n) is 13.1. The molecule has 1 atom stereocenters. The van der Waals surface area contributed by atoms with Crippen molar-refractivity contribution in [3.05, 3.63) is 23.9 Å². The molecule has 0 aliphatic carbocycles. The summed E-state index contributed by atoms with van der Waals surface area (Å²) < 4.78 is 25.3. The molecule has 1 aliphatic rings. The summed E-state index contributed by atoms with van der Waals surface area (Å²) in [6.45, 7) is 1.03. The van der Waals surface area contributed by atoms with Gasteiger partial charge in [0.1, 0.15) is 5.82 Å². The third kappa shape index (κ3) is 4.41. The van der Waals surface area contributed by atoms with Crippen molar-refractivity contribution in [3.63, 3.8) is 0 Å². The van der Waals surface area contributed by atoms with Gasteiger partial charge in [0.05, 0.1) is 6.26 Å². The summed E-state index contributed by atoms with van der Waals surface area (Å²) in [5.41, 5.74) is 0.568. The lowest BCUT2D eigenvalue weighted by atomic mass is 10.1. The van der Waals surface area contributed by atoms with E-state index >= 15 is 0 Å². The van der Waals surface area contributed by atoms with Crippen LogP contribution in [0, 0.1) is 0 Å². The SMILES string of the molecule is CN(C)c1cc(C(=O)N2CCC[C@@H](NS(C)(=O)=O)C2)ccn1. The Morgan fingerprint density at radius 1 is 1.45 bits per heavy atom. The van der Waals surface area contributed by atoms with Gasteiger partial charge in [0, 0.05) is 45.0 Å². The molecule has 2 heterocycles. The van der Waals surface area contributed by atoms with Crippen LogP contribution in [0.5, 0.6) is 0 Å². The van der Waals surface area contributed by atoms with Crippen LogP contribution in [-0.4, -0.2) is 63.7 Å². The fraction of sp³-hybridized carbons (Fsp3) is 0.571. The Hall–Kier alpha value is -1.67. The number of nitrogens with zero attached hydrogens (tertiary/aromatic N) is 3. The van der Waals surface area contributed by atoms with Gasteiger partial charge in [-0.2, -0.15) is 0 Å². The highest BCUT2D eigenvalue weighted by Gasteiger charge is 2.26. The molecule has 1 aliphatic heterocycles. The zero-order valence-corrected chi connectivity index (χ0v) is 13.9. The Morgan fingerprint density at radius 3 is 2.82 bits per heavy atom. The van der Waals surface area contributed by atoms with Crippen molar-refractivity contribution in [1.29, 1.82) is 0 Å². The summed E-state index contributed by atoms with van der Waals surface area (Å²) in [4.78, 5) is 20.3. The lowest BCUT2D eigenvalue weighted by molar-refractivity contribution is 0.0703. The number of carbonyl (C=O) groups is 1. The highest BCUT2D eigenvalue weighted by atomic mass is 32.2. The second-order valence-electron chi connectivity index (χ2n) is 5.78. The third-order valence-electron chi connectivity index (χ3n) is 3.54. The van der Waals surface area contributed by atoms with Gasteiger partial charge in [-0.3, -0.25) is 4.79 Å². The Kier molecular flexibility index (Phi) is 5.02.